The van der Waals surface area contributed by atoms with Crippen molar-refractivity contribution in [3.8, 4) is 11.5 Å². The van der Waals surface area contributed by atoms with Crippen molar-refractivity contribution < 1.29 is 19.1 Å². The fourth-order valence-electron chi connectivity index (χ4n) is 3.67. The SMILES string of the molecule is COc1ccc(C)cc1NC(=O)N1CCC2(CC1)NC(=O)c1ccccc1O2. The smallest absolute Gasteiger partial charge is 0.321 e. The largest absolute Gasteiger partial charge is 0.495 e. The maximum absolute atomic E-state index is 12.7. The Hall–Kier alpha value is -3.22. The third-order valence-electron chi connectivity index (χ3n) is 5.23. The van der Waals surface area contributed by atoms with Gasteiger partial charge in [0.1, 0.15) is 11.5 Å². The van der Waals surface area contributed by atoms with Crippen molar-refractivity contribution in [3.05, 3.63) is 53.6 Å². The standard InChI is InChI=1S/C21H23N3O4/c1-14-7-8-18(27-2)16(13-14)22-20(26)24-11-9-21(10-12-24)23-19(25)15-5-3-4-6-17(15)28-21/h3-8,13H,9-12H2,1-2H3,(H,22,26)(H,23,25). The van der Waals surface area contributed by atoms with Crippen LogP contribution in [0.5, 0.6) is 11.5 Å². The Bertz CT molecular complexity index is 920. The van der Waals surface area contributed by atoms with Crippen LogP contribution in [0.4, 0.5) is 10.5 Å². The first kappa shape index (κ1) is 18.2. The fourth-order valence-corrected chi connectivity index (χ4v) is 3.67. The molecule has 0 saturated carbocycles. The van der Waals surface area contributed by atoms with Crippen molar-refractivity contribution >= 4 is 17.6 Å². The van der Waals surface area contributed by atoms with E-state index >= 15 is 0 Å². The fraction of sp³-hybridized carbons (Fsp3) is 0.333. The molecule has 4 rings (SSSR count). The number of anilines is 1. The number of rotatable bonds is 2. The zero-order chi connectivity index (χ0) is 19.7. The number of methoxy groups -OCH3 is 1. The number of aryl methyl sites for hydroxylation is 1. The van der Waals surface area contributed by atoms with E-state index in [0.29, 0.717) is 48.7 Å². The Morgan fingerprint density at radius 2 is 1.96 bits per heavy atom. The van der Waals surface area contributed by atoms with Crippen molar-refractivity contribution in [2.24, 2.45) is 0 Å². The van der Waals surface area contributed by atoms with Crippen molar-refractivity contribution in [3.63, 3.8) is 0 Å². The third-order valence-corrected chi connectivity index (χ3v) is 5.23. The van der Waals surface area contributed by atoms with E-state index < -0.39 is 5.72 Å². The molecule has 1 spiro atoms. The number of para-hydroxylation sites is 1. The summed E-state index contributed by atoms with van der Waals surface area (Å²) < 4.78 is 11.4. The highest BCUT2D eigenvalue weighted by Crippen LogP contribution is 2.33. The number of carbonyl (C=O) groups excluding carboxylic acids is 2. The summed E-state index contributed by atoms with van der Waals surface area (Å²) in [5.74, 6) is 1.07. The minimum atomic E-state index is -0.761. The predicted octanol–water partition coefficient (Wildman–Crippen LogP) is 3.15. The van der Waals surface area contributed by atoms with Gasteiger partial charge in [-0.25, -0.2) is 4.79 Å². The van der Waals surface area contributed by atoms with Gasteiger partial charge >= 0.3 is 6.03 Å². The zero-order valence-electron chi connectivity index (χ0n) is 16.0. The number of nitrogens with one attached hydrogen (secondary N) is 2. The first-order valence-corrected chi connectivity index (χ1v) is 9.31. The molecular weight excluding hydrogens is 358 g/mol. The lowest BCUT2D eigenvalue weighted by molar-refractivity contribution is -0.0203. The summed E-state index contributed by atoms with van der Waals surface area (Å²) in [5, 5.41) is 5.90. The van der Waals surface area contributed by atoms with E-state index in [9.17, 15) is 9.59 Å². The minimum absolute atomic E-state index is 0.135. The Labute approximate surface area is 163 Å². The lowest BCUT2D eigenvalue weighted by Crippen LogP contribution is -2.61. The summed E-state index contributed by atoms with van der Waals surface area (Å²) in [7, 11) is 1.58. The number of ether oxygens (including phenoxy) is 2. The highest BCUT2D eigenvalue weighted by atomic mass is 16.5. The summed E-state index contributed by atoms with van der Waals surface area (Å²) in [6.45, 7) is 2.91. The van der Waals surface area contributed by atoms with Gasteiger partial charge in [-0.05, 0) is 36.8 Å². The van der Waals surface area contributed by atoms with Crippen LogP contribution in [0.2, 0.25) is 0 Å². The van der Waals surface area contributed by atoms with E-state index in [-0.39, 0.29) is 11.9 Å². The van der Waals surface area contributed by atoms with E-state index in [2.05, 4.69) is 10.6 Å². The molecule has 0 bridgehead atoms. The molecule has 0 aromatic heterocycles. The van der Waals surface area contributed by atoms with Crippen LogP contribution in [0, 0.1) is 6.92 Å². The second-order valence-corrected chi connectivity index (χ2v) is 7.17. The molecule has 0 atom stereocenters. The lowest BCUT2D eigenvalue weighted by atomic mass is 9.97. The molecule has 2 heterocycles. The molecule has 7 heteroatoms. The molecule has 1 saturated heterocycles. The number of benzene rings is 2. The molecule has 7 nitrogen and oxygen atoms in total. The Balaban J connectivity index is 1.43. The van der Waals surface area contributed by atoms with Crippen LogP contribution in [-0.4, -0.2) is 42.8 Å². The number of hydrogen-bond donors (Lipinski definition) is 2. The monoisotopic (exact) mass is 381 g/mol. The molecule has 146 valence electrons. The quantitative estimate of drug-likeness (QED) is 0.838. The van der Waals surface area contributed by atoms with Crippen molar-refractivity contribution in [2.75, 3.05) is 25.5 Å². The molecule has 2 aromatic carbocycles. The summed E-state index contributed by atoms with van der Waals surface area (Å²) in [4.78, 5) is 26.9. The highest BCUT2D eigenvalue weighted by molar-refractivity contribution is 5.98. The maximum atomic E-state index is 12.7. The van der Waals surface area contributed by atoms with Crippen molar-refractivity contribution in [1.82, 2.24) is 10.2 Å². The summed E-state index contributed by atoms with van der Waals surface area (Å²) >= 11 is 0. The number of fused-ring (bicyclic) bond motifs is 1. The van der Waals surface area contributed by atoms with Gasteiger partial charge in [-0.1, -0.05) is 18.2 Å². The van der Waals surface area contributed by atoms with Crippen molar-refractivity contribution in [1.29, 1.82) is 0 Å². The number of likely N-dealkylation sites (tertiary alicyclic amines) is 1. The number of hydrogen-bond acceptors (Lipinski definition) is 4. The molecule has 2 aliphatic rings. The van der Waals surface area contributed by atoms with Gasteiger partial charge in [0.15, 0.2) is 5.72 Å². The number of amides is 3. The predicted molar refractivity (Wildman–Crippen MR) is 105 cm³/mol. The van der Waals surface area contributed by atoms with Gasteiger partial charge in [-0.2, -0.15) is 0 Å². The normalized spacial score (nSPS) is 17.4. The molecular formula is C21H23N3O4. The van der Waals surface area contributed by atoms with E-state index in [0.717, 1.165) is 5.56 Å². The minimum Gasteiger partial charge on any atom is -0.495 e. The van der Waals surface area contributed by atoms with Crippen LogP contribution < -0.4 is 20.1 Å². The van der Waals surface area contributed by atoms with Crippen LogP contribution in [0.15, 0.2) is 42.5 Å². The van der Waals surface area contributed by atoms with E-state index in [1.54, 1.807) is 24.1 Å². The summed E-state index contributed by atoms with van der Waals surface area (Å²) in [6.07, 6.45) is 1.04. The molecule has 28 heavy (non-hydrogen) atoms. The first-order chi connectivity index (χ1) is 13.5. The Morgan fingerprint density at radius 3 is 2.71 bits per heavy atom. The molecule has 2 N–H and O–H groups in total. The topological polar surface area (TPSA) is 79.9 Å². The lowest BCUT2D eigenvalue weighted by Gasteiger charge is -2.44. The average molecular weight is 381 g/mol. The van der Waals surface area contributed by atoms with Gasteiger partial charge < -0.3 is 25.0 Å². The van der Waals surface area contributed by atoms with Crippen LogP contribution in [-0.2, 0) is 0 Å². The highest BCUT2D eigenvalue weighted by Gasteiger charge is 2.43. The van der Waals surface area contributed by atoms with Crippen LogP contribution in [0.3, 0.4) is 0 Å². The molecule has 2 aliphatic heterocycles. The van der Waals surface area contributed by atoms with E-state index in [4.69, 9.17) is 9.47 Å². The first-order valence-electron chi connectivity index (χ1n) is 9.31. The summed E-state index contributed by atoms with van der Waals surface area (Å²) in [5.41, 5.74) is 1.46. The second-order valence-electron chi connectivity index (χ2n) is 7.17. The number of piperidine rings is 1. The number of urea groups is 1. The van der Waals surface area contributed by atoms with Gasteiger partial charge in [0.25, 0.3) is 5.91 Å². The third kappa shape index (κ3) is 3.35. The number of carbonyl (C=O) groups is 2. The van der Waals surface area contributed by atoms with Gasteiger partial charge in [0.2, 0.25) is 0 Å². The maximum Gasteiger partial charge on any atom is 0.321 e. The Kier molecular flexibility index (Phi) is 4.58. The summed E-state index contributed by atoms with van der Waals surface area (Å²) in [6, 6.07) is 12.7. The van der Waals surface area contributed by atoms with Crippen molar-refractivity contribution in [2.45, 2.75) is 25.5 Å². The van der Waals surface area contributed by atoms with Crippen LogP contribution in [0.25, 0.3) is 0 Å². The second kappa shape index (κ2) is 7.07. The molecule has 0 radical (unpaired) electrons. The molecule has 0 aliphatic carbocycles. The van der Waals surface area contributed by atoms with Gasteiger partial charge in [0, 0.05) is 25.9 Å². The van der Waals surface area contributed by atoms with Gasteiger partial charge in [-0.15, -0.1) is 0 Å². The van der Waals surface area contributed by atoms with Crippen LogP contribution >= 0.6 is 0 Å². The zero-order valence-corrected chi connectivity index (χ0v) is 16.0. The molecule has 0 unspecified atom stereocenters. The number of nitrogens with zero attached hydrogens (tertiary/aromatic N) is 1. The Morgan fingerprint density at radius 1 is 1.21 bits per heavy atom. The van der Waals surface area contributed by atoms with E-state index in [1.807, 2.05) is 37.3 Å². The molecule has 3 amide bonds. The molecule has 2 aromatic rings. The average Bonchev–Trinajstić information content (AvgIpc) is 2.68. The van der Waals surface area contributed by atoms with Crippen LogP contribution in [0.1, 0.15) is 28.8 Å². The van der Waals surface area contributed by atoms with Gasteiger partial charge in [0.05, 0.1) is 18.4 Å². The molecule has 1 fully saturated rings. The van der Waals surface area contributed by atoms with E-state index in [1.165, 1.54) is 0 Å². The van der Waals surface area contributed by atoms with Gasteiger partial charge in [-0.3, -0.25) is 4.79 Å².